The number of rotatable bonds is 4. The molecule has 4 atom stereocenters. The Balaban J connectivity index is 1.32. The van der Waals surface area contributed by atoms with E-state index >= 15 is 0 Å². The highest BCUT2D eigenvalue weighted by molar-refractivity contribution is 6.01. The van der Waals surface area contributed by atoms with Gasteiger partial charge in [-0.3, -0.25) is 14.9 Å². The van der Waals surface area contributed by atoms with Gasteiger partial charge in [0.1, 0.15) is 11.8 Å². The van der Waals surface area contributed by atoms with Gasteiger partial charge in [0.2, 0.25) is 11.8 Å². The summed E-state index contributed by atoms with van der Waals surface area (Å²) in [6.07, 6.45) is 3.49. The average molecular weight is 329 g/mol. The van der Waals surface area contributed by atoms with Crippen LogP contribution in [0.4, 0.5) is 5.69 Å². The quantitative estimate of drug-likeness (QED) is 0.725. The molecule has 0 aromatic heterocycles. The minimum atomic E-state index is -0.351. The average Bonchev–Trinajstić information content (AvgIpc) is 3.13. The summed E-state index contributed by atoms with van der Waals surface area (Å²) >= 11 is 0. The molecule has 0 radical (unpaired) electrons. The van der Waals surface area contributed by atoms with Crippen LogP contribution in [0.15, 0.2) is 24.3 Å². The van der Waals surface area contributed by atoms with Crippen LogP contribution in [0.5, 0.6) is 5.75 Å². The zero-order valence-corrected chi connectivity index (χ0v) is 13.6. The molecule has 1 aliphatic carbocycles. The molecule has 2 aliphatic heterocycles. The number of imide groups is 1. The molecular formula is C18H23N3O3. The Bertz CT molecular complexity index is 619. The normalized spacial score (nSPS) is 32.3. The molecule has 3 aliphatic rings. The molecule has 0 spiro atoms. The summed E-state index contributed by atoms with van der Waals surface area (Å²) in [6.45, 7) is 2.25. The maximum Gasteiger partial charge on any atom is 0.249 e. The second-order valence-electron chi connectivity index (χ2n) is 7.06. The van der Waals surface area contributed by atoms with Crippen molar-refractivity contribution in [3.63, 3.8) is 0 Å². The molecule has 3 N–H and O–H groups in total. The maximum atomic E-state index is 11.8. The van der Waals surface area contributed by atoms with Gasteiger partial charge in [0.05, 0.1) is 6.10 Å². The van der Waals surface area contributed by atoms with E-state index in [2.05, 4.69) is 16.0 Å². The van der Waals surface area contributed by atoms with Crippen molar-refractivity contribution >= 4 is 17.5 Å². The number of piperidine rings is 1. The summed E-state index contributed by atoms with van der Waals surface area (Å²) in [7, 11) is 0. The molecule has 6 heteroatoms. The zero-order chi connectivity index (χ0) is 16.5. The maximum absolute atomic E-state index is 11.8. The van der Waals surface area contributed by atoms with Crippen molar-refractivity contribution in [3.05, 3.63) is 24.3 Å². The molecule has 1 aromatic rings. The third-order valence-corrected chi connectivity index (χ3v) is 5.35. The van der Waals surface area contributed by atoms with Gasteiger partial charge in [0.15, 0.2) is 0 Å². The molecule has 0 bridgehead atoms. The summed E-state index contributed by atoms with van der Waals surface area (Å²) in [5.74, 6) is 1.96. The predicted molar refractivity (Wildman–Crippen MR) is 89.7 cm³/mol. The molecule has 2 heterocycles. The van der Waals surface area contributed by atoms with Crippen LogP contribution in [0.25, 0.3) is 0 Å². The van der Waals surface area contributed by atoms with Crippen LogP contribution in [0, 0.1) is 11.8 Å². The van der Waals surface area contributed by atoms with E-state index in [-0.39, 0.29) is 17.9 Å². The highest BCUT2D eigenvalue weighted by Crippen LogP contribution is 2.36. The summed E-state index contributed by atoms with van der Waals surface area (Å²) in [4.78, 5) is 23.0. The fourth-order valence-corrected chi connectivity index (χ4v) is 4.06. The number of hydrogen-bond donors (Lipinski definition) is 3. The van der Waals surface area contributed by atoms with Crippen molar-refractivity contribution in [3.8, 4) is 5.75 Å². The monoisotopic (exact) mass is 329 g/mol. The van der Waals surface area contributed by atoms with E-state index in [1.807, 2.05) is 24.3 Å². The summed E-state index contributed by atoms with van der Waals surface area (Å²) in [6, 6.07) is 7.39. The van der Waals surface area contributed by atoms with Crippen LogP contribution in [-0.2, 0) is 9.59 Å². The van der Waals surface area contributed by atoms with Crippen molar-refractivity contribution in [2.45, 2.75) is 37.8 Å². The molecule has 2 amide bonds. The number of nitrogens with one attached hydrogen (secondary N) is 3. The van der Waals surface area contributed by atoms with Gasteiger partial charge in [0.25, 0.3) is 0 Å². The number of carbonyl (C=O) groups excluding carboxylic acids is 2. The van der Waals surface area contributed by atoms with Gasteiger partial charge in [0, 0.05) is 12.1 Å². The number of ether oxygens (including phenoxy) is 1. The van der Waals surface area contributed by atoms with Gasteiger partial charge in [-0.25, -0.2) is 0 Å². The van der Waals surface area contributed by atoms with Crippen molar-refractivity contribution in [2.24, 2.45) is 11.8 Å². The van der Waals surface area contributed by atoms with E-state index in [4.69, 9.17) is 4.74 Å². The number of anilines is 1. The minimum absolute atomic E-state index is 0.196. The Labute approximate surface area is 141 Å². The smallest absolute Gasteiger partial charge is 0.249 e. The first-order chi connectivity index (χ1) is 11.7. The summed E-state index contributed by atoms with van der Waals surface area (Å²) in [5, 5.41) is 8.98. The summed E-state index contributed by atoms with van der Waals surface area (Å²) in [5.41, 5.74) is 0.865. The Morgan fingerprint density at radius 2 is 1.75 bits per heavy atom. The molecule has 4 rings (SSSR count). The molecule has 2 unspecified atom stereocenters. The van der Waals surface area contributed by atoms with E-state index < -0.39 is 0 Å². The van der Waals surface area contributed by atoms with E-state index in [9.17, 15) is 9.59 Å². The minimum Gasteiger partial charge on any atom is -0.490 e. The molecule has 6 nitrogen and oxygen atoms in total. The summed E-state index contributed by atoms with van der Waals surface area (Å²) < 4.78 is 6.11. The van der Waals surface area contributed by atoms with Gasteiger partial charge >= 0.3 is 0 Å². The van der Waals surface area contributed by atoms with Crippen LogP contribution in [0.2, 0.25) is 0 Å². The first-order valence-corrected chi connectivity index (χ1v) is 8.75. The lowest BCUT2D eigenvalue weighted by Crippen LogP contribution is -2.47. The van der Waals surface area contributed by atoms with Crippen molar-refractivity contribution < 1.29 is 14.3 Å². The Hall–Kier alpha value is -2.08. The van der Waals surface area contributed by atoms with Crippen LogP contribution in [0.3, 0.4) is 0 Å². The lowest BCUT2D eigenvalue weighted by Gasteiger charge is -2.23. The number of benzene rings is 1. The van der Waals surface area contributed by atoms with Gasteiger partial charge in [-0.1, -0.05) is 0 Å². The molecular weight excluding hydrogens is 306 g/mol. The SMILES string of the molecule is O=C1CCC(Nc2ccc(OC3C[C@H]4CNC[C@H]4C3)cc2)C(=O)N1. The largest absolute Gasteiger partial charge is 0.490 e. The molecule has 2 saturated heterocycles. The Morgan fingerprint density at radius 3 is 2.42 bits per heavy atom. The molecule has 3 fully saturated rings. The third kappa shape index (κ3) is 3.24. The highest BCUT2D eigenvalue weighted by Gasteiger charge is 2.38. The standard InChI is InChI=1S/C18H23N3O3/c22-17-6-5-16(18(23)21-17)20-13-1-3-14(4-2-13)24-15-7-11-9-19-10-12(11)8-15/h1-4,11-12,15-16,19-20H,5-10H2,(H,21,22,23)/t11-,12+,15?,16?. The third-order valence-electron chi connectivity index (χ3n) is 5.35. The lowest BCUT2D eigenvalue weighted by molar-refractivity contribution is -0.133. The van der Waals surface area contributed by atoms with E-state index in [0.717, 1.165) is 49.2 Å². The first kappa shape index (κ1) is 15.4. The Kier molecular flexibility index (Phi) is 4.14. The van der Waals surface area contributed by atoms with Crippen LogP contribution < -0.4 is 20.7 Å². The number of amides is 2. The van der Waals surface area contributed by atoms with E-state index in [1.165, 1.54) is 0 Å². The molecule has 128 valence electrons. The fourth-order valence-electron chi connectivity index (χ4n) is 4.06. The Morgan fingerprint density at radius 1 is 1.04 bits per heavy atom. The van der Waals surface area contributed by atoms with Crippen LogP contribution in [0.1, 0.15) is 25.7 Å². The van der Waals surface area contributed by atoms with Gasteiger partial charge < -0.3 is 15.4 Å². The van der Waals surface area contributed by atoms with Crippen molar-refractivity contribution in [1.29, 1.82) is 0 Å². The molecule has 1 aromatic carbocycles. The lowest BCUT2D eigenvalue weighted by atomic mass is 10.0. The van der Waals surface area contributed by atoms with Gasteiger partial charge in [-0.05, 0) is 68.5 Å². The first-order valence-electron chi connectivity index (χ1n) is 8.75. The van der Waals surface area contributed by atoms with E-state index in [0.29, 0.717) is 18.9 Å². The number of hydrogen-bond acceptors (Lipinski definition) is 5. The molecule has 1 saturated carbocycles. The number of fused-ring (bicyclic) bond motifs is 1. The van der Waals surface area contributed by atoms with Crippen molar-refractivity contribution in [1.82, 2.24) is 10.6 Å². The second kappa shape index (κ2) is 6.43. The fraction of sp³-hybridized carbons (Fsp3) is 0.556. The van der Waals surface area contributed by atoms with Gasteiger partial charge in [-0.15, -0.1) is 0 Å². The predicted octanol–water partition coefficient (Wildman–Crippen LogP) is 1.28. The van der Waals surface area contributed by atoms with Crippen molar-refractivity contribution in [2.75, 3.05) is 18.4 Å². The number of carbonyl (C=O) groups is 2. The molecule has 24 heavy (non-hydrogen) atoms. The topological polar surface area (TPSA) is 79.5 Å². The van der Waals surface area contributed by atoms with Crippen LogP contribution >= 0.6 is 0 Å². The van der Waals surface area contributed by atoms with Gasteiger partial charge in [-0.2, -0.15) is 0 Å². The zero-order valence-electron chi connectivity index (χ0n) is 13.6. The second-order valence-corrected chi connectivity index (χ2v) is 7.06. The van der Waals surface area contributed by atoms with Crippen LogP contribution in [-0.4, -0.2) is 37.0 Å². The van der Waals surface area contributed by atoms with E-state index in [1.54, 1.807) is 0 Å². The highest BCUT2D eigenvalue weighted by atomic mass is 16.5.